The molecule has 1 fully saturated rings. The van der Waals surface area contributed by atoms with Crippen LogP contribution in [0.25, 0.3) is 0 Å². The van der Waals surface area contributed by atoms with E-state index in [1.807, 2.05) is 18.2 Å². The van der Waals surface area contributed by atoms with E-state index in [4.69, 9.17) is 9.84 Å². The molecule has 1 heterocycles. The number of rotatable bonds is 6. The molecule has 1 aromatic rings. The first-order valence-electron chi connectivity index (χ1n) is 6.53. The molecule has 0 radical (unpaired) electrons. The fourth-order valence-corrected chi connectivity index (χ4v) is 2.83. The van der Waals surface area contributed by atoms with Crippen LogP contribution in [0.1, 0.15) is 19.3 Å². The van der Waals surface area contributed by atoms with Gasteiger partial charge in [-0.2, -0.15) is 0 Å². The van der Waals surface area contributed by atoms with Crippen molar-refractivity contribution >= 4 is 39.6 Å². The molecule has 1 aliphatic heterocycles. The summed E-state index contributed by atoms with van der Waals surface area (Å²) in [5.41, 5.74) is 0. The number of ether oxygens (including phenoxy) is 1. The Morgan fingerprint density at radius 2 is 2.05 bits per heavy atom. The van der Waals surface area contributed by atoms with E-state index in [9.17, 15) is 0 Å². The molecule has 2 rings (SSSR count). The lowest BCUT2D eigenvalue weighted by atomic mass is 10.2. The highest BCUT2D eigenvalue weighted by atomic mass is 127. The highest BCUT2D eigenvalue weighted by Crippen LogP contribution is 2.18. The maximum Gasteiger partial charge on any atom is 0.120 e. The summed E-state index contributed by atoms with van der Waals surface area (Å²) < 4.78 is 7.17. The van der Waals surface area contributed by atoms with E-state index in [0.29, 0.717) is 6.42 Å². The zero-order valence-electron chi connectivity index (χ0n) is 10.9. The molecule has 1 atom stereocenters. The quantitative estimate of drug-likeness (QED) is 0.688. The first-order valence-corrected chi connectivity index (χ1v) is 7.61. The summed E-state index contributed by atoms with van der Waals surface area (Å²) >= 11 is 2.28. The lowest BCUT2D eigenvalue weighted by Gasteiger charge is -2.24. The smallest absolute Gasteiger partial charge is 0.120 e. The third kappa shape index (κ3) is 5.97. The van der Waals surface area contributed by atoms with Crippen LogP contribution in [0.3, 0.4) is 0 Å². The van der Waals surface area contributed by atoms with Gasteiger partial charge in [-0.15, -0.1) is 17.0 Å². The highest BCUT2D eigenvalue weighted by Gasteiger charge is 2.18. The number of nitrogens with zero attached hydrogens (tertiary/aromatic N) is 1. The minimum absolute atomic E-state index is 0. The predicted octanol–water partition coefficient (Wildman–Crippen LogP) is 3.09. The molecule has 5 heteroatoms. The van der Waals surface area contributed by atoms with Crippen molar-refractivity contribution in [3.05, 3.63) is 27.8 Å². The molecule has 0 aromatic heterocycles. The first-order chi connectivity index (χ1) is 8.78. The van der Waals surface area contributed by atoms with Crippen LogP contribution in [-0.4, -0.2) is 42.4 Å². The summed E-state index contributed by atoms with van der Waals surface area (Å²) in [7, 11) is 0. The number of benzene rings is 1. The maximum atomic E-state index is 9.14. The van der Waals surface area contributed by atoms with E-state index in [1.54, 1.807) is 0 Å². The van der Waals surface area contributed by atoms with Crippen molar-refractivity contribution in [2.75, 3.05) is 26.2 Å². The Morgan fingerprint density at radius 1 is 1.32 bits per heavy atom. The lowest BCUT2D eigenvalue weighted by molar-refractivity contribution is 0.116. The molecule has 3 nitrogen and oxygen atoms in total. The largest absolute Gasteiger partial charge is 0.489 e. The number of hydrogen-bond donors (Lipinski definition) is 1. The molecular weight excluding hydrogens is 421 g/mol. The van der Waals surface area contributed by atoms with Gasteiger partial charge in [-0.25, -0.2) is 0 Å². The fraction of sp³-hybridized carbons (Fsp3) is 0.571. The monoisotopic (exact) mass is 441 g/mol. The average molecular weight is 442 g/mol. The van der Waals surface area contributed by atoms with E-state index in [0.717, 1.165) is 25.4 Å². The molecule has 0 unspecified atom stereocenters. The van der Waals surface area contributed by atoms with Gasteiger partial charge in [0, 0.05) is 23.1 Å². The molecular formula is C14H21BrINO2. The number of halogens is 2. The van der Waals surface area contributed by atoms with Crippen LogP contribution >= 0.6 is 39.6 Å². The molecule has 0 saturated carbocycles. The zero-order valence-corrected chi connectivity index (χ0v) is 14.8. The Hall–Kier alpha value is 0.150. The molecule has 0 bridgehead atoms. The second kappa shape index (κ2) is 9.15. The van der Waals surface area contributed by atoms with Gasteiger partial charge >= 0.3 is 0 Å². The van der Waals surface area contributed by atoms with Crippen LogP contribution < -0.4 is 4.74 Å². The Labute approximate surface area is 139 Å². The second-order valence-electron chi connectivity index (χ2n) is 4.72. The van der Waals surface area contributed by atoms with E-state index in [-0.39, 0.29) is 29.7 Å². The molecule has 1 saturated heterocycles. The van der Waals surface area contributed by atoms with Crippen molar-refractivity contribution in [3.8, 4) is 5.75 Å². The molecule has 1 aromatic carbocycles. The number of hydrogen-bond acceptors (Lipinski definition) is 3. The van der Waals surface area contributed by atoms with Crippen molar-refractivity contribution < 1.29 is 9.84 Å². The van der Waals surface area contributed by atoms with Gasteiger partial charge in [0.1, 0.15) is 11.9 Å². The van der Waals surface area contributed by atoms with Gasteiger partial charge in [-0.05, 0) is 66.7 Å². The van der Waals surface area contributed by atoms with Gasteiger partial charge in [0.25, 0.3) is 0 Å². The van der Waals surface area contributed by atoms with Crippen molar-refractivity contribution in [3.63, 3.8) is 0 Å². The Bertz CT molecular complexity index is 372. The van der Waals surface area contributed by atoms with Crippen LogP contribution in [-0.2, 0) is 0 Å². The van der Waals surface area contributed by atoms with Crippen molar-refractivity contribution in [2.24, 2.45) is 0 Å². The Balaban J connectivity index is 0.00000180. The predicted molar refractivity (Wildman–Crippen MR) is 91.3 cm³/mol. The molecule has 108 valence electrons. The summed E-state index contributed by atoms with van der Waals surface area (Å²) in [4.78, 5) is 2.42. The third-order valence-electron chi connectivity index (χ3n) is 3.21. The maximum absolute atomic E-state index is 9.14. The van der Waals surface area contributed by atoms with E-state index >= 15 is 0 Å². The van der Waals surface area contributed by atoms with Gasteiger partial charge in [0.15, 0.2) is 0 Å². The topological polar surface area (TPSA) is 32.7 Å². The van der Waals surface area contributed by atoms with E-state index < -0.39 is 0 Å². The fourth-order valence-electron chi connectivity index (χ4n) is 2.32. The lowest BCUT2D eigenvalue weighted by Crippen LogP contribution is -2.34. The van der Waals surface area contributed by atoms with Crippen LogP contribution in [0, 0.1) is 3.57 Å². The van der Waals surface area contributed by atoms with Gasteiger partial charge in [0.2, 0.25) is 0 Å². The summed E-state index contributed by atoms with van der Waals surface area (Å²) in [6.45, 7) is 3.43. The minimum Gasteiger partial charge on any atom is -0.489 e. The van der Waals surface area contributed by atoms with Crippen molar-refractivity contribution in [1.29, 1.82) is 0 Å². The highest BCUT2D eigenvalue weighted by molar-refractivity contribution is 14.1. The summed E-state index contributed by atoms with van der Waals surface area (Å²) in [6.07, 6.45) is 3.36. The first kappa shape index (κ1) is 17.2. The van der Waals surface area contributed by atoms with Crippen LogP contribution in [0.15, 0.2) is 24.3 Å². The number of aliphatic hydroxyl groups excluding tert-OH is 1. The summed E-state index contributed by atoms with van der Waals surface area (Å²) in [5, 5.41) is 9.14. The summed E-state index contributed by atoms with van der Waals surface area (Å²) in [6, 6.07) is 8.07. The minimum atomic E-state index is 0. The van der Waals surface area contributed by atoms with Crippen LogP contribution in [0.4, 0.5) is 0 Å². The van der Waals surface area contributed by atoms with Gasteiger partial charge < -0.3 is 9.84 Å². The standard InChI is InChI=1S/C14H20INO2.BrH/c15-12-4-3-5-13(10-12)18-14(6-9-17)11-16-7-1-2-8-16;/h3-5,10,14,17H,1-2,6-9,11H2;1H/t14-;/m0./s1. The molecule has 19 heavy (non-hydrogen) atoms. The third-order valence-corrected chi connectivity index (χ3v) is 3.88. The molecule has 1 aliphatic rings. The van der Waals surface area contributed by atoms with E-state index in [1.165, 1.54) is 16.4 Å². The summed E-state index contributed by atoms with van der Waals surface area (Å²) in [5.74, 6) is 0.902. The van der Waals surface area contributed by atoms with Crippen molar-refractivity contribution in [2.45, 2.75) is 25.4 Å². The average Bonchev–Trinajstić information content (AvgIpc) is 2.82. The molecule has 0 spiro atoms. The van der Waals surface area contributed by atoms with Gasteiger partial charge in [0.05, 0.1) is 0 Å². The number of aliphatic hydroxyl groups is 1. The number of likely N-dealkylation sites (tertiary alicyclic amines) is 1. The zero-order chi connectivity index (χ0) is 12.8. The van der Waals surface area contributed by atoms with Gasteiger partial charge in [-0.3, -0.25) is 4.90 Å². The SMILES string of the molecule is Br.OCC[C@@H](CN1CCCC1)Oc1cccc(I)c1. The van der Waals surface area contributed by atoms with Crippen LogP contribution in [0.2, 0.25) is 0 Å². The van der Waals surface area contributed by atoms with Crippen molar-refractivity contribution in [1.82, 2.24) is 4.90 Å². The molecule has 0 aliphatic carbocycles. The Kier molecular flexibility index (Phi) is 8.29. The molecule has 0 amide bonds. The molecule has 1 N–H and O–H groups in total. The Morgan fingerprint density at radius 3 is 2.68 bits per heavy atom. The van der Waals surface area contributed by atoms with E-state index in [2.05, 4.69) is 33.6 Å². The van der Waals surface area contributed by atoms with Crippen LogP contribution in [0.5, 0.6) is 5.75 Å². The normalized spacial score (nSPS) is 16.9. The second-order valence-corrected chi connectivity index (χ2v) is 5.96. The van der Waals surface area contributed by atoms with Gasteiger partial charge in [-0.1, -0.05) is 6.07 Å².